The van der Waals surface area contributed by atoms with Gasteiger partial charge in [0.1, 0.15) is 0 Å². The number of nitrogens with zero attached hydrogens (tertiary/aromatic N) is 2. The predicted molar refractivity (Wildman–Crippen MR) is 92.5 cm³/mol. The van der Waals surface area contributed by atoms with Crippen molar-refractivity contribution in [2.24, 2.45) is 7.05 Å². The molecule has 0 aliphatic heterocycles. The van der Waals surface area contributed by atoms with Crippen LogP contribution in [0.4, 0.5) is 5.69 Å². The van der Waals surface area contributed by atoms with Gasteiger partial charge >= 0.3 is 0 Å². The molecular weight excluding hydrogens is 288 g/mol. The van der Waals surface area contributed by atoms with Crippen molar-refractivity contribution in [3.63, 3.8) is 0 Å². The summed E-state index contributed by atoms with van der Waals surface area (Å²) < 4.78 is 1.79. The van der Waals surface area contributed by atoms with Crippen LogP contribution >= 0.6 is 0 Å². The molecule has 0 radical (unpaired) electrons. The first-order chi connectivity index (χ1) is 11.1. The molecule has 0 bridgehead atoms. The number of aromatic nitrogens is 3. The molecule has 0 atom stereocenters. The summed E-state index contributed by atoms with van der Waals surface area (Å²) in [7, 11) is 1.88. The lowest BCUT2D eigenvalue weighted by Crippen LogP contribution is -2.12. The van der Waals surface area contributed by atoms with Gasteiger partial charge in [-0.05, 0) is 38.3 Å². The van der Waals surface area contributed by atoms with Crippen molar-refractivity contribution in [2.75, 3.05) is 5.32 Å². The quantitative estimate of drug-likeness (QED) is 0.758. The number of para-hydroxylation sites is 1. The molecule has 0 saturated carbocycles. The van der Waals surface area contributed by atoms with Crippen molar-refractivity contribution in [3.8, 4) is 0 Å². The summed E-state index contributed by atoms with van der Waals surface area (Å²) in [5.74, 6) is 0.0454. The van der Waals surface area contributed by atoms with Gasteiger partial charge in [-0.3, -0.25) is 9.48 Å². The Balaban J connectivity index is 1.57. The Labute approximate surface area is 135 Å². The Morgan fingerprint density at radius 2 is 2.09 bits per heavy atom. The Morgan fingerprint density at radius 3 is 2.83 bits per heavy atom. The minimum Gasteiger partial charge on any atom is -0.361 e. The third kappa shape index (κ3) is 3.13. The lowest BCUT2D eigenvalue weighted by atomic mass is 10.1. The summed E-state index contributed by atoms with van der Waals surface area (Å²) in [5.41, 5.74) is 5.09. The van der Waals surface area contributed by atoms with E-state index in [2.05, 4.69) is 27.5 Å². The molecule has 0 aliphatic rings. The number of aromatic amines is 1. The molecule has 5 nitrogen and oxygen atoms in total. The van der Waals surface area contributed by atoms with Gasteiger partial charge in [-0.25, -0.2) is 0 Å². The lowest BCUT2D eigenvalue weighted by Gasteiger charge is -2.05. The maximum Gasteiger partial charge on any atom is 0.224 e. The highest BCUT2D eigenvalue weighted by Gasteiger charge is 2.12. The zero-order valence-corrected chi connectivity index (χ0v) is 13.8. The first kappa shape index (κ1) is 15.3. The maximum atomic E-state index is 12.2. The summed E-state index contributed by atoms with van der Waals surface area (Å²) >= 11 is 0. The Kier molecular flexibility index (Phi) is 4.19. The van der Waals surface area contributed by atoms with Gasteiger partial charge in [0.25, 0.3) is 0 Å². The van der Waals surface area contributed by atoms with Crippen molar-refractivity contribution in [1.82, 2.24) is 14.8 Å². The van der Waals surface area contributed by atoms with E-state index >= 15 is 0 Å². The smallest absolute Gasteiger partial charge is 0.224 e. The summed E-state index contributed by atoms with van der Waals surface area (Å²) in [5, 5.41) is 8.55. The van der Waals surface area contributed by atoms with Crippen LogP contribution in [-0.2, 0) is 18.3 Å². The SMILES string of the molecule is Cc1nn(C)c(C)c1NC(=O)CCCc1c[nH]c2ccccc12. The van der Waals surface area contributed by atoms with Gasteiger partial charge in [-0.1, -0.05) is 18.2 Å². The Bertz CT molecular complexity index is 844. The van der Waals surface area contributed by atoms with Crippen LogP contribution in [0.2, 0.25) is 0 Å². The number of fused-ring (bicyclic) bond motifs is 1. The molecule has 2 N–H and O–H groups in total. The van der Waals surface area contributed by atoms with Crippen LogP contribution in [0, 0.1) is 13.8 Å². The third-order valence-electron chi connectivity index (χ3n) is 4.30. The maximum absolute atomic E-state index is 12.2. The number of hydrogen-bond acceptors (Lipinski definition) is 2. The average Bonchev–Trinajstić information content (AvgIpc) is 3.04. The molecule has 0 fully saturated rings. The van der Waals surface area contributed by atoms with Gasteiger partial charge in [0.2, 0.25) is 5.91 Å². The van der Waals surface area contributed by atoms with Gasteiger partial charge in [-0.15, -0.1) is 0 Å². The number of amides is 1. The largest absolute Gasteiger partial charge is 0.361 e. The molecule has 0 spiro atoms. The van der Waals surface area contributed by atoms with E-state index in [4.69, 9.17) is 0 Å². The number of carbonyl (C=O) groups excluding carboxylic acids is 1. The number of benzene rings is 1. The molecule has 1 aromatic carbocycles. The van der Waals surface area contributed by atoms with Crippen molar-refractivity contribution < 1.29 is 4.79 Å². The second kappa shape index (κ2) is 6.28. The lowest BCUT2D eigenvalue weighted by molar-refractivity contribution is -0.116. The van der Waals surface area contributed by atoms with Crippen molar-refractivity contribution in [2.45, 2.75) is 33.1 Å². The molecule has 1 amide bonds. The molecular formula is C18H22N4O. The van der Waals surface area contributed by atoms with Crippen molar-refractivity contribution in [3.05, 3.63) is 47.4 Å². The minimum absolute atomic E-state index is 0.0454. The molecule has 120 valence electrons. The van der Waals surface area contributed by atoms with Gasteiger partial charge < -0.3 is 10.3 Å². The Morgan fingerprint density at radius 1 is 1.30 bits per heavy atom. The zero-order valence-electron chi connectivity index (χ0n) is 13.8. The highest BCUT2D eigenvalue weighted by Crippen LogP contribution is 2.21. The van der Waals surface area contributed by atoms with E-state index < -0.39 is 0 Å². The van der Waals surface area contributed by atoms with E-state index in [1.54, 1.807) is 4.68 Å². The van der Waals surface area contributed by atoms with Crippen LogP contribution in [0.15, 0.2) is 30.5 Å². The first-order valence-electron chi connectivity index (χ1n) is 7.91. The fourth-order valence-corrected chi connectivity index (χ4v) is 2.93. The van der Waals surface area contributed by atoms with E-state index in [0.29, 0.717) is 6.42 Å². The fraction of sp³-hybridized carbons (Fsp3) is 0.333. The average molecular weight is 310 g/mol. The van der Waals surface area contributed by atoms with Gasteiger partial charge in [-0.2, -0.15) is 5.10 Å². The normalized spacial score (nSPS) is 11.1. The standard InChI is InChI=1S/C18H22N4O/c1-12-18(13(2)22(3)21-12)20-17(23)10-6-7-14-11-19-16-9-5-4-8-15(14)16/h4-5,8-9,11,19H,6-7,10H2,1-3H3,(H,20,23). The fourth-order valence-electron chi connectivity index (χ4n) is 2.93. The van der Waals surface area contributed by atoms with Crippen molar-refractivity contribution >= 4 is 22.5 Å². The molecule has 3 rings (SSSR count). The molecule has 23 heavy (non-hydrogen) atoms. The van der Waals surface area contributed by atoms with Crippen LogP contribution < -0.4 is 5.32 Å². The van der Waals surface area contributed by atoms with Crippen LogP contribution in [0.5, 0.6) is 0 Å². The van der Waals surface area contributed by atoms with E-state index in [1.807, 2.05) is 39.2 Å². The predicted octanol–water partition coefficient (Wildman–Crippen LogP) is 3.48. The highest BCUT2D eigenvalue weighted by atomic mass is 16.1. The molecule has 0 aliphatic carbocycles. The second-order valence-corrected chi connectivity index (χ2v) is 5.93. The molecule has 0 unspecified atom stereocenters. The number of anilines is 1. The number of aryl methyl sites for hydroxylation is 3. The van der Waals surface area contributed by atoms with Crippen LogP contribution in [-0.4, -0.2) is 20.7 Å². The summed E-state index contributed by atoms with van der Waals surface area (Å²) in [4.78, 5) is 15.4. The highest BCUT2D eigenvalue weighted by molar-refractivity contribution is 5.92. The molecule has 5 heteroatoms. The number of hydrogen-bond donors (Lipinski definition) is 2. The van der Waals surface area contributed by atoms with Gasteiger partial charge in [0.05, 0.1) is 17.1 Å². The van der Waals surface area contributed by atoms with Crippen LogP contribution in [0.25, 0.3) is 10.9 Å². The summed E-state index contributed by atoms with van der Waals surface area (Å²) in [6, 6.07) is 8.25. The summed E-state index contributed by atoms with van der Waals surface area (Å²) in [6.45, 7) is 3.87. The molecule has 0 saturated heterocycles. The third-order valence-corrected chi connectivity index (χ3v) is 4.30. The van der Waals surface area contributed by atoms with E-state index in [0.717, 1.165) is 35.4 Å². The van der Waals surface area contributed by atoms with E-state index in [-0.39, 0.29) is 5.91 Å². The summed E-state index contributed by atoms with van der Waals surface area (Å²) in [6.07, 6.45) is 4.26. The number of nitrogens with one attached hydrogen (secondary N) is 2. The minimum atomic E-state index is 0.0454. The second-order valence-electron chi connectivity index (χ2n) is 5.93. The van der Waals surface area contributed by atoms with Crippen LogP contribution in [0.1, 0.15) is 29.8 Å². The molecule has 3 aromatic rings. The monoisotopic (exact) mass is 310 g/mol. The number of H-pyrrole nitrogens is 1. The number of rotatable bonds is 5. The first-order valence-corrected chi connectivity index (χ1v) is 7.91. The van der Waals surface area contributed by atoms with Gasteiger partial charge in [0, 0.05) is 30.6 Å². The topological polar surface area (TPSA) is 62.7 Å². The van der Waals surface area contributed by atoms with E-state index in [1.165, 1.54) is 10.9 Å². The van der Waals surface area contributed by atoms with Gasteiger partial charge in [0.15, 0.2) is 0 Å². The van der Waals surface area contributed by atoms with Crippen LogP contribution in [0.3, 0.4) is 0 Å². The number of carbonyl (C=O) groups is 1. The van der Waals surface area contributed by atoms with Crippen molar-refractivity contribution in [1.29, 1.82) is 0 Å². The zero-order chi connectivity index (χ0) is 16.4. The molecule has 2 heterocycles. The Hall–Kier alpha value is -2.56. The van der Waals surface area contributed by atoms with E-state index in [9.17, 15) is 4.79 Å². The molecule has 2 aromatic heterocycles.